The molecule has 2 aromatic heterocycles. The molecule has 4 rings (SSSR count). The summed E-state index contributed by atoms with van der Waals surface area (Å²) in [6.07, 6.45) is 4.99. The fourth-order valence-electron chi connectivity index (χ4n) is 3.13. The average Bonchev–Trinajstić information content (AvgIpc) is 3.15. The van der Waals surface area contributed by atoms with Gasteiger partial charge in [-0.15, -0.1) is 5.10 Å². The van der Waals surface area contributed by atoms with Gasteiger partial charge in [0, 0.05) is 47.8 Å². The van der Waals surface area contributed by atoms with Crippen molar-refractivity contribution in [2.45, 2.75) is 22.9 Å². The summed E-state index contributed by atoms with van der Waals surface area (Å²) in [6.45, 7) is 1.51. The molecule has 0 aliphatic carbocycles. The van der Waals surface area contributed by atoms with Crippen LogP contribution in [0.25, 0.3) is 0 Å². The lowest BCUT2D eigenvalue weighted by Gasteiger charge is -2.31. The van der Waals surface area contributed by atoms with E-state index >= 15 is 0 Å². The highest BCUT2D eigenvalue weighted by atomic mass is 79.9. The lowest BCUT2D eigenvalue weighted by atomic mass is 9.96. The molecule has 3 aromatic rings. The zero-order chi connectivity index (χ0) is 20.2. The van der Waals surface area contributed by atoms with Crippen molar-refractivity contribution in [1.29, 1.82) is 0 Å². The van der Waals surface area contributed by atoms with Crippen LogP contribution in [0.4, 0.5) is 11.6 Å². The molecule has 0 radical (unpaired) electrons. The first-order valence-electron chi connectivity index (χ1n) is 9.13. The van der Waals surface area contributed by atoms with Crippen LogP contribution in [0.1, 0.15) is 12.8 Å². The number of aromatic nitrogens is 6. The minimum absolute atomic E-state index is 0.0228. The second kappa shape index (κ2) is 8.87. The van der Waals surface area contributed by atoms with Crippen LogP contribution in [0.15, 0.2) is 51.2 Å². The van der Waals surface area contributed by atoms with Gasteiger partial charge in [0.2, 0.25) is 17.0 Å². The van der Waals surface area contributed by atoms with Crippen LogP contribution in [0.2, 0.25) is 0 Å². The van der Waals surface area contributed by atoms with Gasteiger partial charge in [-0.3, -0.25) is 4.79 Å². The van der Waals surface area contributed by atoms with E-state index in [4.69, 9.17) is 0 Å². The summed E-state index contributed by atoms with van der Waals surface area (Å²) in [6, 6.07) is 7.57. The lowest BCUT2D eigenvalue weighted by molar-refractivity contribution is -0.120. The van der Waals surface area contributed by atoms with E-state index in [9.17, 15) is 4.79 Å². The number of carbonyl (C=O) groups is 1. The first kappa shape index (κ1) is 19.8. The lowest BCUT2D eigenvalue weighted by Crippen LogP contribution is -2.39. The predicted octanol–water partition coefficient (Wildman–Crippen LogP) is 2.77. The van der Waals surface area contributed by atoms with Crippen molar-refractivity contribution < 1.29 is 4.79 Å². The normalized spacial score (nSPS) is 14.8. The summed E-state index contributed by atoms with van der Waals surface area (Å²) in [5, 5.41) is 15.3. The summed E-state index contributed by atoms with van der Waals surface area (Å²) in [4.78, 5) is 24.5. The predicted molar refractivity (Wildman–Crippen MR) is 113 cm³/mol. The zero-order valence-electron chi connectivity index (χ0n) is 15.7. The van der Waals surface area contributed by atoms with Crippen molar-refractivity contribution in [2.75, 3.05) is 23.3 Å². The topological polar surface area (TPSA) is 102 Å². The van der Waals surface area contributed by atoms with Gasteiger partial charge in [0.1, 0.15) is 0 Å². The van der Waals surface area contributed by atoms with Crippen LogP contribution in [0.5, 0.6) is 0 Å². The quantitative estimate of drug-likeness (QED) is 0.601. The molecule has 1 N–H and O–H groups in total. The second-order valence-electron chi connectivity index (χ2n) is 6.63. The van der Waals surface area contributed by atoms with E-state index in [0.29, 0.717) is 11.1 Å². The Morgan fingerprint density at radius 3 is 2.69 bits per heavy atom. The Hall–Kier alpha value is -2.53. The van der Waals surface area contributed by atoms with Crippen molar-refractivity contribution in [1.82, 2.24) is 30.2 Å². The molecule has 1 saturated heterocycles. The monoisotopic (exact) mass is 474 g/mol. The van der Waals surface area contributed by atoms with Gasteiger partial charge in [-0.2, -0.15) is 0 Å². The van der Waals surface area contributed by atoms with Gasteiger partial charge >= 0.3 is 0 Å². The van der Waals surface area contributed by atoms with E-state index in [1.165, 1.54) is 11.8 Å². The molecule has 9 nitrogen and oxygen atoms in total. The molecule has 1 aromatic carbocycles. The molecule has 0 atom stereocenters. The number of rotatable bonds is 5. The number of piperidine rings is 1. The summed E-state index contributed by atoms with van der Waals surface area (Å²) < 4.78 is 2.49. The highest BCUT2D eigenvalue weighted by molar-refractivity contribution is 9.10. The van der Waals surface area contributed by atoms with E-state index < -0.39 is 0 Å². The standard InChI is InChI=1S/C18H19BrN8OS/c1-26-18(23-24-25-26)29-15-4-3-13(19)11-14(15)22-16(28)12-5-9-27(10-6-12)17-20-7-2-8-21-17/h2-4,7-8,11-12H,5-6,9-10H2,1H3,(H,22,28). The molecule has 0 saturated carbocycles. The Bertz CT molecular complexity index is 991. The molecule has 29 heavy (non-hydrogen) atoms. The minimum atomic E-state index is -0.0525. The Morgan fingerprint density at radius 1 is 1.24 bits per heavy atom. The number of carbonyl (C=O) groups excluding carboxylic acids is 1. The molecule has 1 aliphatic heterocycles. The Morgan fingerprint density at radius 2 is 2.00 bits per heavy atom. The van der Waals surface area contributed by atoms with E-state index in [0.717, 1.165) is 41.0 Å². The van der Waals surface area contributed by atoms with Gasteiger partial charge in [-0.25, -0.2) is 14.6 Å². The molecule has 0 spiro atoms. The fraction of sp³-hybridized carbons (Fsp3) is 0.333. The number of halogens is 1. The number of hydrogen-bond acceptors (Lipinski definition) is 8. The first-order chi connectivity index (χ1) is 14.1. The molecular formula is C18H19BrN8OS. The molecular weight excluding hydrogens is 456 g/mol. The summed E-state index contributed by atoms with van der Waals surface area (Å²) in [5.74, 6) is 0.687. The number of amides is 1. The van der Waals surface area contributed by atoms with Gasteiger partial charge in [0.15, 0.2) is 0 Å². The second-order valence-corrected chi connectivity index (χ2v) is 8.55. The summed E-state index contributed by atoms with van der Waals surface area (Å²) in [5.41, 5.74) is 0.742. The molecule has 11 heteroatoms. The maximum Gasteiger partial charge on any atom is 0.227 e. The van der Waals surface area contributed by atoms with Crippen LogP contribution in [-0.4, -0.2) is 49.2 Å². The summed E-state index contributed by atoms with van der Waals surface area (Å²) in [7, 11) is 1.78. The number of anilines is 2. The molecule has 1 aliphatic rings. The van der Waals surface area contributed by atoms with E-state index in [1.807, 2.05) is 18.2 Å². The van der Waals surface area contributed by atoms with Gasteiger partial charge in [0.05, 0.1) is 5.69 Å². The smallest absolute Gasteiger partial charge is 0.227 e. The highest BCUT2D eigenvalue weighted by Gasteiger charge is 2.26. The molecule has 1 fully saturated rings. The van der Waals surface area contributed by atoms with Crippen LogP contribution < -0.4 is 10.2 Å². The first-order valence-corrected chi connectivity index (χ1v) is 10.7. The molecule has 1 amide bonds. The SMILES string of the molecule is Cn1nnnc1Sc1ccc(Br)cc1NC(=O)C1CCN(c2ncccn2)CC1. The van der Waals surface area contributed by atoms with Crippen molar-refractivity contribution in [3.05, 3.63) is 41.1 Å². The summed E-state index contributed by atoms with van der Waals surface area (Å²) >= 11 is 4.89. The van der Waals surface area contributed by atoms with Gasteiger partial charge in [0.25, 0.3) is 0 Å². The molecule has 0 bridgehead atoms. The highest BCUT2D eigenvalue weighted by Crippen LogP contribution is 2.34. The van der Waals surface area contributed by atoms with Crippen molar-refractivity contribution >= 4 is 45.2 Å². The van der Waals surface area contributed by atoms with Crippen molar-refractivity contribution in [3.8, 4) is 0 Å². The number of hydrogen-bond donors (Lipinski definition) is 1. The third-order valence-electron chi connectivity index (χ3n) is 4.68. The number of aryl methyl sites for hydroxylation is 1. The van der Waals surface area contributed by atoms with Crippen molar-refractivity contribution in [3.63, 3.8) is 0 Å². The van der Waals surface area contributed by atoms with Crippen LogP contribution in [0, 0.1) is 5.92 Å². The van der Waals surface area contributed by atoms with Gasteiger partial charge in [-0.1, -0.05) is 15.9 Å². The largest absolute Gasteiger partial charge is 0.341 e. The fourth-order valence-corrected chi connectivity index (χ4v) is 4.29. The zero-order valence-corrected chi connectivity index (χ0v) is 18.1. The van der Waals surface area contributed by atoms with Crippen molar-refractivity contribution in [2.24, 2.45) is 13.0 Å². The molecule has 0 unspecified atom stereocenters. The Labute approximate surface area is 180 Å². The maximum atomic E-state index is 12.9. The number of benzene rings is 1. The molecule has 150 valence electrons. The third-order valence-corrected chi connectivity index (χ3v) is 6.28. The number of nitrogens with one attached hydrogen (secondary N) is 1. The molecule has 3 heterocycles. The van der Waals surface area contributed by atoms with Gasteiger partial charge in [-0.05, 0) is 59.3 Å². The Balaban J connectivity index is 1.42. The van der Waals surface area contributed by atoms with E-state index in [2.05, 4.69) is 51.6 Å². The van der Waals surface area contributed by atoms with Crippen LogP contribution in [-0.2, 0) is 11.8 Å². The van der Waals surface area contributed by atoms with Gasteiger partial charge < -0.3 is 10.2 Å². The maximum absolute atomic E-state index is 12.9. The third kappa shape index (κ3) is 4.73. The average molecular weight is 475 g/mol. The number of nitrogens with zero attached hydrogens (tertiary/aromatic N) is 7. The Kier molecular flexibility index (Phi) is 6.05. The number of tetrazole rings is 1. The van der Waals surface area contributed by atoms with Crippen LogP contribution >= 0.6 is 27.7 Å². The van der Waals surface area contributed by atoms with E-state index in [1.54, 1.807) is 30.2 Å². The minimum Gasteiger partial charge on any atom is -0.341 e. The van der Waals surface area contributed by atoms with Crippen LogP contribution in [0.3, 0.4) is 0 Å². The van der Waals surface area contributed by atoms with E-state index in [-0.39, 0.29) is 11.8 Å².